The minimum absolute atomic E-state index is 0.0766. The van der Waals surface area contributed by atoms with Crippen molar-refractivity contribution in [2.75, 3.05) is 0 Å². The summed E-state index contributed by atoms with van der Waals surface area (Å²) in [6, 6.07) is 0. The van der Waals surface area contributed by atoms with Crippen LogP contribution in [-0.4, -0.2) is 17.7 Å². The monoisotopic (exact) mass is 466 g/mol. The number of aliphatic hydroxyl groups is 1. The molecule has 4 heteroatoms. The van der Waals surface area contributed by atoms with Gasteiger partial charge in [0.2, 0.25) is 0 Å². The molecule has 0 saturated heterocycles. The maximum atomic E-state index is 10.2. The minimum Gasteiger partial charge on any atom is -0.393 e. The number of hydrogen-bond acceptors (Lipinski definition) is 3. The van der Waals surface area contributed by atoms with Crippen molar-refractivity contribution in [3.63, 3.8) is 0 Å². The third-order valence-corrected chi connectivity index (χ3v) is 10.4. The Kier molecular flexibility index (Phi) is 8.80. The summed E-state index contributed by atoms with van der Waals surface area (Å²) in [4.78, 5) is 8.82. The first-order valence-electron chi connectivity index (χ1n) is 13.3. The van der Waals surface area contributed by atoms with Gasteiger partial charge in [-0.25, -0.2) is 0 Å². The molecule has 3 fully saturated rings. The number of carbonyl (C=O) groups excluding carboxylic acids is 1. The molecule has 0 spiro atoms. The van der Waals surface area contributed by atoms with E-state index in [9.17, 15) is 5.11 Å². The summed E-state index contributed by atoms with van der Waals surface area (Å²) < 4.78 is 3.33. The molecule has 8 atom stereocenters. The highest BCUT2D eigenvalue weighted by atomic mass is 35.5. The van der Waals surface area contributed by atoms with Crippen LogP contribution in [0.4, 0.5) is 0 Å². The van der Waals surface area contributed by atoms with E-state index >= 15 is 0 Å². The Morgan fingerprint density at radius 3 is 2.50 bits per heavy atom. The van der Waals surface area contributed by atoms with Gasteiger partial charge in [0.05, 0.1) is 6.10 Å². The SMILES string of the molecule is CC(C)CCC[C@@H](C)[C@H]1CC[C@H]2[C@@H]3CC=C4C[C@@H](O)CC[C@]4(C)[C@H]3CC[C@@]12C.O=COCl. The number of aliphatic hydroxyl groups excluding tert-OH is 1. The van der Waals surface area contributed by atoms with Crippen molar-refractivity contribution in [1.29, 1.82) is 0 Å². The summed E-state index contributed by atoms with van der Waals surface area (Å²) >= 11 is 4.32. The van der Waals surface area contributed by atoms with Crippen molar-refractivity contribution in [2.45, 2.75) is 111 Å². The molecule has 0 aromatic heterocycles. The molecule has 1 N–H and O–H groups in total. The summed E-state index contributed by atoms with van der Waals surface area (Å²) in [7, 11) is 0. The van der Waals surface area contributed by atoms with E-state index in [1.165, 1.54) is 57.8 Å². The van der Waals surface area contributed by atoms with E-state index in [1.807, 2.05) is 0 Å². The van der Waals surface area contributed by atoms with Crippen LogP contribution in [0.3, 0.4) is 0 Å². The Labute approximate surface area is 201 Å². The highest BCUT2D eigenvalue weighted by Crippen LogP contribution is 2.67. The second-order valence-corrected chi connectivity index (χ2v) is 12.5. The Bertz CT molecular complexity index is 661. The van der Waals surface area contributed by atoms with Crippen molar-refractivity contribution in [3.05, 3.63) is 11.6 Å². The number of hydrogen-bond donors (Lipinski definition) is 1. The summed E-state index contributed by atoms with van der Waals surface area (Å²) in [5.74, 6) is 5.46. The highest BCUT2D eigenvalue weighted by Gasteiger charge is 2.59. The fraction of sp³-hybridized carbons (Fsp3) is 0.893. The molecule has 4 aliphatic carbocycles. The summed E-state index contributed by atoms with van der Waals surface area (Å²) in [6.45, 7) is 12.7. The van der Waals surface area contributed by atoms with Crippen molar-refractivity contribution in [1.82, 2.24) is 0 Å². The number of rotatable bonds is 6. The predicted molar refractivity (Wildman–Crippen MR) is 132 cm³/mol. The van der Waals surface area contributed by atoms with Crippen molar-refractivity contribution in [2.24, 2.45) is 46.3 Å². The molecule has 4 rings (SSSR count). The lowest BCUT2D eigenvalue weighted by atomic mass is 9.47. The lowest BCUT2D eigenvalue weighted by molar-refractivity contribution is -0.120. The first-order valence-corrected chi connectivity index (χ1v) is 13.6. The maximum absolute atomic E-state index is 10.2. The first kappa shape index (κ1) is 26.1. The van der Waals surface area contributed by atoms with Gasteiger partial charge in [0.15, 0.2) is 0 Å². The zero-order valence-corrected chi connectivity index (χ0v) is 21.9. The van der Waals surface area contributed by atoms with Crippen LogP contribution in [0.5, 0.6) is 0 Å². The Hall–Kier alpha value is -0.540. The van der Waals surface area contributed by atoms with Gasteiger partial charge < -0.3 is 9.40 Å². The second-order valence-electron chi connectivity index (χ2n) is 12.4. The zero-order chi connectivity index (χ0) is 23.5. The fourth-order valence-electron chi connectivity index (χ4n) is 8.67. The van der Waals surface area contributed by atoms with Gasteiger partial charge in [0.25, 0.3) is 0 Å². The van der Waals surface area contributed by atoms with Gasteiger partial charge in [-0.2, -0.15) is 0 Å². The summed E-state index contributed by atoms with van der Waals surface area (Å²) in [5, 5.41) is 10.2. The van der Waals surface area contributed by atoms with Crippen LogP contribution in [0.1, 0.15) is 105 Å². The van der Waals surface area contributed by atoms with Crippen LogP contribution < -0.4 is 0 Å². The predicted octanol–water partition coefficient (Wildman–Crippen LogP) is 7.70. The molecule has 184 valence electrons. The normalized spacial score (nSPS) is 41.4. The van der Waals surface area contributed by atoms with E-state index < -0.39 is 0 Å². The van der Waals surface area contributed by atoms with E-state index in [1.54, 1.807) is 5.57 Å². The lowest BCUT2D eigenvalue weighted by Crippen LogP contribution is -2.50. The van der Waals surface area contributed by atoms with E-state index in [0.717, 1.165) is 48.3 Å². The first-order chi connectivity index (χ1) is 15.2. The van der Waals surface area contributed by atoms with Crippen LogP contribution in [-0.2, 0) is 9.08 Å². The van der Waals surface area contributed by atoms with Crippen molar-refractivity contribution in [3.8, 4) is 0 Å². The molecule has 0 unspecified atom stereocenters. The molecule has 3 nitrogen and oxygen atoms in total. The molecule has 0 radical (unpaired) electrons. The Balaban J connectivity index is 0.000000668. The topological polar surface area (TPSA) is 46.5 Å². The van der Waals surface area contributed by atoms with Gasteiger partial charge in [-0.3, -0.25) is 4.79 Å². The van der Waals surface area contributed by atoms with Crippen molar-refractivity contribution < 1.29 is 14.2 Å². The molecule has 0 aliphatic heterocycles. The minimum atomic E-state index is -0.0766. The van der Waals surface area contributed by atoms with Crippen LogP contribution in [0, 0.1) is 46.3 Å². The average molecular weight is 467 g/mol. The highest BCUT2D eigenvalue weighted by molar-refractivity contribution is 6.10. The molecule has 0 heterocycles. The van der Waals surface area contributed by atoms with Gasteiger partial charge in [-0.15, -0.1) is 0 Å². The van der Waals surface area contributed by atoms with E-state index in [2.05, 4.69) is 56.9 Å². The van der Waals surface area contributed by atoms with Crippen LogP contribution in [0.2, 0.25) is 0 Å². The van der Waals surface area contributed by atoms with E-state index in [4.69, 9.17) is 4.79 Å². The molecule has 0 aromatic rings. The van der Waals surface area contributed by atoms with Gasteiger partial charge in [-0.05, 0) is 97.7 Å². The number of fused-ring (bicyclic) bond motifs is 5. The molecule has 0 bridgehead atoms. The van der Waals surface area contributed by atoms with E-state index in [-0.39, 0.29) is 12.6 Å². The second kappa shape index (κ2) is 10.8. The zero-order valence-electron chi connectivity index (χ0n) is 21.1. The van der Waals surface area contributed by atoms with Gasteiger partial charge in [0, 0.05) is 0 Å². The number of halogens is 1. The van der Waals surface area contributed by atoms with E-state index in [0.29, 0.717) is 10.8 Å². The average Bonchev–Trinajstić information content (AvgIpc) is 3.11. The van der Waals surface area contributed by atoms with Gasteiger partial charge in [0.1, 0.15) is 11.9 Å². The fourth-order valence-corrected chi connectivity index (χ4v) is 8.67. The third-order valence-electron chi connectivity index (χ3n) is 10.3. The largest absolute Gasteiger partial charge is 0.393 e. The third kappa shape index (κ3) is 5.09. The molecular weight excluding hydrogens is 420 g/mol. The number of carbonyl (C=O) groups is 1. The Morgan fingerprint density at radius 2 is 1.84 bits per heavy atom. The summed E-state index contributed by atoms with van der Waals surface area (Å²) in [5.41, 5.74) is 2.60. The van der Waals surface area contributed by atoms with Crippen LogP contribution in [0.15, 0.2) is 11.6 Å². The van der Waals surface area contributed by atoms with Crippen LogP contribution in [0.25, 0.3) is 0 Å². The van der Waals surface area contributed by atoms with Gasteiger partial charge >= 0.3 is 6.47 Å². The van der Waals surface area contributed by atoms with Crippen molar-refractivity contribution >= 4 is 18.3 Å². The Morgan fingerprint density at radius 1 is 1.12 bits per heavy atom. The standard InChI is InChI=1S/C27H46O.CHClO2/c1-18(2)7-6-8-19(3)23-11-12-24-22-10-9-20-17-21(28)13-15-26(20,4)25(22)14-16-27(23,24)5;2-4-1-3/h9,18-19,21-25,28H,6-8,10-17H2,1-5H3;1H/t19-,21+,22+,23-,24+,25+,26+,27+;/m1./s1. The molecule has 4 aliphatic rings. The maximum Gasteiger partial charge on any atom is 0.312 e. The molecule has 0 amide bonds. The molecular formula is C28H47ClO3. The van der Waals surface area contributed by atoms with Crippen LogP contribution >= 0.6 is 11.9 Å². The lowest BCUT2D eigenvalue weighted by Gasteiger charge is -2.58. The molecule has 32 heavy (non-hydrogen) atoms. The molecule has 0 aromatic carbocycles. The summed E-state index contributed by atoms with van der Waals surface area (Å²) in [6.07, 6.45) is 17.2. The smallest absolute Gasteiger partial charge is 0.312 e. The quantitative estimate of drug-likeness (QED) is 0.322. The van der Waals surface area contributed by atoms with Gasteiger partial charge in [-0.1, -0.05) is 65.5 Å². The number of allylic oxidation sites excluding steroid dienone is 1. The molecule has 3 saturated carbocycles.